The summed E-state index contributed by atoms with van der Waals surface area (Å²) in [5, 5.41) is 3.51. The molecular weight excluding hydrogens is 302 g/mol. The van der Waals surface area contributed by atoms with Crippen molar-refractivity contribution in [2.45, 2.75) is 6.18 Å². The Morgan fingerprint density at radius 2 is 1.57 bits per heavy atom. The Bertz CT molecular complexity index is 663. The summed E-state index contributed by atoms with van der Waals surface area (Å²) in [7, 11) is -2.33. The highest BCUT2D eigenvalue weighted by molar-refractivity contribution is 7.70. The van der Waals surface area contributed by atoms with E-state index < -0.39 is 18.9 Å². The summed E-state index contributed by atoms with van der Waals surface area (Å²) >= 11 is 0. The van der Waals surface area contributed by atoms with E-state index in [1.165, 1.54) is 0 Å². The van der Waals surface area contributed by atoms with Crippen LogP contribution in [0.1, 0.15) is 5.56 Å². The van der Waals surface area contributed by atoms with Gasteiger partial charge in [-0.05, 0) is 37.6 Å². The van der Waals surface area contributed by atoms with Gasteiger partial charge in [-0.15, -0.1) is 0 Å². The molecule has 0 spiro atoms. The number of rotatable bonds is 3. The highest BCUT2D eigenvalue weighted by Gasteiger charge is 2.31. The van der Waals surface area contributed by atoms with Crippen molar-refractivity contribution in [1.29, 1.82) is 0 Å². The normalized spacial score (nSPS) is 12.2. The molecule has 4 nitrogen and oxygen atoms in total. The molecule has 1 heterocycles. The van der Waals surface area contributed by atoms with Crippen molar-refractivity contribution in [3.63, 3.8) is 0 Å². The molecule has 1 aromatic heterocycles. The molecule has 0 amide bonds. The maximum absolute atomic E-state index is 12.4. The zero-order valence-corrected chi connectivity index (χ0v) is 12.2. The van der Waals surface area contributed by atoms with E-state index in [1.54, 1.807) is 37.6 Å². The van der Waals surface area contributed by atoms with E-state index in [0.29, 0.717) is 5.69 Å². The zero-order chi connectivity index (χ0) is 15.7. The Morgan fingerprint density at radius 1 is 1.05 bits per heavy atom. The predicted octanol–water partition coefficient (Wildman–Crippen LogP) is 3.49. The summed E-state index contributed by atoms with van der Waals surface area (Å²) < 4.78 is 49.0. The lowest BCUT2D eigenvalue weighted by atomic mass is 10.3. The van der Waals surface area contributed by atoms with E-state index in [1.807, 2.05) is 0 Å². The minimum absolute atomic E-state index is 0.0620. The van der Waals surface area contributed by atoms with Crippen molar-refractivity contribution in [3.8, 4) is 0 Å². The minimum Gasteiger partial charge on any atom is -0.324 e. The number of aromatic nitrogens is 2. The molecule has 0 atom stereocenters. The summed E-state index contributed by atoms with van der Waals surface area (Å²) in [6, 6.07) is 6.76. The highest BCUT2D eigenvalue weighted by atomic mass is 31.2. The Kier molecular flexibility index (Phi) is 4.05. The quantitative estimate of drug-likeness (QED) is 0.881. The molecule has 1 aromatic carbocycles. The second-order valence-electron chi connectivity index (χ2n) is 4.82. The largest absolute Gasteiger partial charge is 0.419 e. The molecule has 0 bridgehead atoms. The van der Waals surface area contributed by atoms with Crippen LogP contribution in [0.4, 0.5) is 24.8 Å². The SMILES string of the molecule is CP(C)(=O)c1ccc(Nc2ncc(C(F)(F)F)cn2)cc1. The Morgan fingerprint density at radius 3 is 2.00 bits per heavy atom. The Balaban J connectivity index is 2.13. The maximum Gasteiger partial charge on any atom is 0.419 e. The topological polar surface area (TPSA) is 54.9 Å². The van der Waals surface area contributed by atoms with Gasteiger partial charge in [0.25, 0.3) is 0 Å². The van der Waals surface area contributed by atoms with Gasteiger partial charge in [-0.2, -0.15) is 13.2 Å². The fraction of sp³-hybridized carbons (Fsp3) is 0.231. The third kappa shape index (κ3) is 4.04. The van der Waals surface area contributed by atoms with E-state index in [9.17, 15) is 17.7 Å². The number of anilines is 2. The lowest BCUT2D eigenvalue weighted by Gasteiger charge is -2.10. The monoisotopic (exact) mass is 315 g/mol. The van der Waals surface area contributed by atoms with E-state index in [-0.39, 0.29) is 5.95 Å². The van der Waals surface area contributed by atoms with Gasteiger partial charge in [-0.25, -0.2) is 9.97 Å². The molecule has 0 fully saturated rings. The number of nitrogens with one attached hydrogen (secondary N) is 1. The molecule has 0 aliphatic carbocycles. The van der Waals surface area contributed by atoms with Crippen LogP contribution in [0.5, 0.6) is 0 Å². The first-order chi connectivity index (χ1) is 9.66. The predicted molar refractivity (Wildman–Crippen MR) is 75.8 cm³/mol. The zero-order valence-electron chi connectivity index (χ0n) is 11.3. The van der Waals surface area contributed by atoms with Crippen LogP contribution in [-0.2, 0) is 10.7 Å². The standard InChI is InChI=1S/C13H13F3N3OP/c1-21(2,20)11-5-3-10(4-6-11)19-12-17-7-9(8-18-12)13(14,15)16/h3-8H,1-2H3,(H,17,18,19). The first-order valence-electron chi connectivity index (χ1n) is 5.98. The minimum atomic E-state index is -4.45. The number of alkyl halides is 3. The van der Waals surface area contributed by atoms with Gasteiger partial charge in [0, 0.05) is 23.4 Å². The summed E-state index contributed by atoms with van der Waals surface area (Å²) in [4.78, 5) is 7.23. The van der Waals surface area contributed by atoms with Gasteiger partial charge in [0.05, 0.1) is 5.56 Å². The van der Waals surface area contributed by atoms with E-state index in [0.717, 1.165) is 17.7 Å². The van der Waals surface area contributed by atoms with Gasteiger partial charge in [0.2, 0.25) is 5.95 Å². The van der Waals surface area contributed by atoms with Gasteiger partial charge in [-0.1, -0.05) is 0 Å². The molecule has 0 saturated carbocycles. The van der Waals surface area contributed by atoms with Crippen molar-refractivity contribution in [2.24, 2.45) is 0 Å². The average Bonchev–Trinajstić information content (AvgIpc) is 2.38. The van der Waals surface area contributed by atoms with Crippen molar-refractivity contribution >= 4 is 24.1 Å². The van der Waals surface area contributed by atoms with Crippen LogP contribution >= 0.6 is 7.14 Å². The number of hydrogen-bond acceptors (Lipinski definition) is 4. The molecule has 2 rings (SSSR count). The Hall–Kier alpha value is -1.88. The average molecular weight is 315 g/mol. The molecule has 0 saturated heterocycles. The summed E-state index contributed by atoms with van der Waals surface area (Å²) in [5.74, 6) is 0.0620. The van der Waals surface area contributed by atoms with Gasteiger partial charge in [0.15, 0.2) is 0 Å². The number of halogens is 3. The molecule has 0 aliphatic rings. The third-order valence-corrected chi connectivity index (χ3v) is 4.27. The molecular formula is C13H13F3N3OP. The number of nitrogens with zero attached hydrogens (tertiary/aromatic N) is 2. The maximum atomic E-state index is 12.4. The van der Waals surface area contributed by atoms with E-state index in [2.05, 4.69) is 15.3 Å². The first kappa shape index (κ1) is 15.5. The van der Waals surface area contributed by atoms with Crippen molar-refractivity contribution < 1.29 is 17.7 Å². The van der Waals surface area contributed by atoms with Crippen LogP contribution in [0.15, 0.2) is 36.7 Å². The van der Waals surface area contributed by atoms with E-state index >= 15 is 0 Å². The molecule has 2 aromatic rings. The van der Waals surface area contributed by atoms with Crippen molar-refractivity contribution in [3.05, 3.63) is 42.2 Å². The molecule has 0 aliphatic heterocycles. The Labute approximate surface area is 119 Å². The summed E-state index contributed by atoms with van der Waals surface area (Å²) in [6.07, 6.45) is -3.02. The molecule has 0 radical (unpaired) electrons. The smallest absolute Gasteiger partial charge is 0.324 e. The van der Waals surface area contributed by atoms with Crippen LogP contribution in [0, 0.1) is 0 Å². The second kappa shape index (κ2) is 5.48. The summed E-state index contributed by atoms with van der Waals surface area (Å²) in [5.41, 5.74) is -0.298. The molecule has 21 heavy (non-hydrogen) atoms. The molecule has 8 heteroatoms. The van der Waals surface area contributed by atoms with Crippen LogP contribution in [0.25, 0.3) is 0 Å². The first-order valence-corrected chi connectivity index (χ1v) is 8.58. The van der Waals surface area contributed by atoms with Gasteiger partial charge in [0.1, 0.15) is 7.14 Å². The summed E-state index contributed by atoms with van der Waals surface area (Å²) in [6.45, 7) is 3.32. The molecule has 1 N–H and O–H groups in total. The van der Waals surface area contributed by atoms with Gasteiger partial charge >= 0.3 is 6.18 Å². The lowest BCUT2D eigenvalue weighted by Crippen LogP contribution is -2.08. The van der Waals surface area contributed by atoms with Crippen LogP contribution in [0.2, 0.25) is 0 Å². The van der Waals surface area contributed by atoms with Gasteiger partial charge in [-0.3, -0.25) is 0 Å². The fourth-order valence-corrected chi connectivity index (χ4v) is 2.44. The lowest BCUT2D eigenvalue weighted by molar-refractivity contribution is -0.138. The number of benzene rings is 1. The van der Waals surface area contributed by atoms with Crippen LogP contribution < -0.4 is 10.6 Å². The third-order valence-electron chi connectivity index (χ3n) is 2.72. The van der Waals surface area contributed by atoms with Crippen molar-refractivity contribution in [2.75, 3.05) is 18.6 Å². The second-order valence-corrected chi connectivity index (χ2v) is 8.03. The highest BCUT2D eigenvalue weighted by Crippen LogP contribution is 2.34. The van der Waals surface area contributed by atoms with Crippen LogP contribution in [-0.4, -0.2) is 23.3 Å². The van der Waals surface area contributed by atoms with Gasteiger partial charge < -0.3 is 9.88 Å². The molecule has 0 unspecified atom stereocenters. The van der Waals surface area contributed by atoms with Crippen LogP contribution in [0.3, 0.4) is 0 Å². The number of hydrogen-bond donors (Lipinski definition) is 1. The van der Waals surface area contributed by atoms with E-state index in [4.69, 9.17) is 0 Å². The van der Waals surface area contributed by atoms with Crippen molar-refractivity contribution in [1.82, 2.24) is 9.97 Å². The molecule has 112 valence electrons. The fourth-order valence-electron chi connectivity index (χ4n) is 1.57.